The van der Waals surface area contributed by atoms with E-state index in [9.17, 15) is 18.0 Å². The number of carbonyl (C=O) groups excluding carboxylic acids is 1. The molecule has 1 aromatic rings. The van der Waals surface area contributed by atoms with E-state index in [2.05, 4.69) is 20.5 Å². The number of H-pyrrole nitrogens is 1. The highest BCUT2D eigenvalue weighted by Gasteiger charge is 2.36. The molecule has 0 spiro atoms. The number of alkyl halides is 3. The molecule has 2 atom stereocenters. The van der Waals surface area contributed by atoms with Crippen LogP contribution in [0.25, 0.3) is 0 Å². The molecular weight excluding hydrogens is 311 g/mol. The lowest BCUT2D eigenvalue weighted by molar-refractivity contribution is -0.144. The molecule has 1 heterocycles. The maximum absolute atomic E-state index is 12.3. The second-order valence-corrected chi connectivity index (χ2v) is 4.94. The molecule has 0 saturated heterocycles. The summed E-state index contributed by atoms with van der Waals surface area (Å²) in [6, 6.07) is 0.0154. The fourth-order valence-electron chi connectivity index (χ4n) is 2.28. The van der Waals surface area contributed by atoms with Crippen LogP contribution in [0.2, 0.25) is 0 Å². The van der Waals surface area contributed by atoms with Crippen LogP contribution >= 0.6 is 12.4 Å². The second-order valence-electron chi connectivity index (χ2n) is 4.94. The van der Waals surface area contributed by atoms with Gasteiger partial charge in [0.1, 0.15) is 5.82 Å². The minimum atomic E-state index is -4.59. The number of amides is 1. The van der Waals surface area contributed by atoms with Gasteiger partial charge in [-0.15, -0.1) is 17.5 Å². The molecule has 2 rings (SSSR count). The van der Waals surface area contributed by atoms with Gasteiger partial charge in [-0.05, 0) is 19.3 Å². The summed E-state index contributed by atoms with van der Waals surface area (Å²) in [5.41, 5.74) is 5.79. The van der Waals surface area contributed by atoms with Gasteiger partial charge in [0.2, 0.25) is 5.91 Å². The Balaban J connectivity index is 0.00000220. The topological polar surface area (TPSA) is 96.7 Å². The van der Waals surface area contributed by atoms with Gasteiger partial charge in [0, 0.05) is 12.0 Å². The van der Waals surface area contributed by atoms with E-state index in [1.165, 1.54) is 0 Å². The van der Waals surface area contributed by atoms with Crippen molar-refractivity contribution in [2.45, 2.75) is 44.4 Å². The van der Waals surface area contributed by atoms with Gasteiger partial charge in [-0.2, -0.15) is 13.2 Å². The smallest absolute Gasteiger partial charge is 0.349 e. The lowest BCUT2D eigenvalue weighted by Gasteiger charge is -2.25. The summed E-state index contributed by atoms with van der Waals surface area (Å²) in [5, 5.41) is 7.77. The number of hydrogen-bond acceptors (Lipinski definition) is 4. The van der Waals surface area contributed by atoms with E-state index < -0.39 is 12.0 Å². The van der Waals surface area contributed by atoms with Gasteiger partial charge in [-0.25, -0.2) is 4.98 Å². The van der Waals surface area contributed by atoms with Crippen molar-refractivity contribution < 1.29 is 18.0 Å². The number of rotatable bonds is 3. The highest BCUT2D eigenvalue weighted by atomic mass is 35.5. The molecule has 0 unspecified atom stereocenters. The van der Waals surface area contributed by atoms with Gasteiger partial charge in [-0.3, -0.25) is 9.89 Å². The Morgan fingerprint density at radius 1 is 1.43 bits per heavy atom. The number of hydrogen-bond donors (Lipinski definition) is 3. The molecule has 0 radical (unpaired) electrons. The maximum Gasteiger partial charge on any atom is 0.453 e. The van der Waals surface area contributed by atoms with Crippen molar-refractivity contribution in [3.05, 3.63) is 11.6 Å². The fraction of sp³-hybridized carbons (Fsp3) is 0.727. The van der Waals surface area contributed by atoms with E-state index >= 15 is 0 Å². The zero-order chi connectivity index (χ0) is 14.8. The summed E-state index contributed by atoms with van der Waals surface area (Å²) in [5.74, 6) is -1.64. The van der Waals surface area contributed by atoms with E-state index in [0.717, 1.165) is 19.3 Å². The zero-order valence-electron chi connectivity index (χ0n) is 11.1. The third kappa shape index (κ3) is 4.85. The second kappa shape index (κ2) is 7.08. The lowest BCUT2D eigenvalue weighted by Crippen LogP contribution is -2.37. The molecule has 1 saturated carbocycles. The average Bonchev–Trinajstić information content (AvgIpc) is 2.84. The standard InChI is InChI=1S/C11H16F3N5O.ClH/c12-11(13,14)10-17-8(18-19-10)5-16-9(20)6-2-1-3-7(15)4-6;/h6-7H,1-5,15H2,(H,16,20)(H,17,18,19);1H/t6-,7+;/m1./s1. The first-order chi connectivity index (χ1) is 9.36. The molecule has 6 nitrogen and oxygen atoms in total. The normalized spacial score (nSPS) is 22.5. The van der Waals surface area contributed by atoms with Gasteiger partial charge in [-0.1, -0.05) is 6.42 Å². The molecule has 1 aromatic heterocycles. The molecule has 0 aliphatic heterocycles. The van der Waals surface area contributed by atoms with Gasteiger partial charge < -0.3 is 11.1 Å². The number of carbonyl (C=O) groups is 1. The van der Waals surface area contributed by atoms with Crippen molar-refractivity contribution in [2.24, 2.45) is 11.7 Å². The Hall–Kier alpha value is -1.35. The van der Waals surface area contributed by atoms with Crippen LogP contribution in [0.15, 0.2) is 0 Å². The minimum absolute atomic E-state index is 0. The molecule has 1 aliphatic carbocycles. The summed E-state index contributed by atoms with van der Waals surface area (Å²) in [7, 11) is 0. The van der Waals surface area contributed by atoms with E-state index in [-0.39, 0.29) is 42.6 Å². The number of nitrogens with zero attached hydrogens (tertiary/aromatic N) is 2. The molecule has 0 bridgehead atoms. The summed E-state index contributed by atoms with van der Waals surface area (Å²) < 4.78 is 36.9. The summed E-state index contributed by atoms with van der Waals surface area (Å²) in [6.07, 6.45) is -1.44. The zero-order valence-corrected chi connectivity index (χ0v) is 11.9. The molecule has 1 aliphatic rings. The van der Waals surface area contributed by atoms with Gasteiger partial charge in [0.15, 0.2) is 0 Å². The quantitative estimate of drug-likeness (QED) is 0.781. The van der Waals surface area contributed by atoms with Crippen molar-refractivity contribution >= 4 is 18.3 Å². The summed E-state index contributed by atoms with van der Waals surface area (Å²) >= 11 is 0. The fourth-order valence-corrected chi connectivity index (χ4v) is 2.28. The predicted octanol–water partition coefficient (Wildman–Crippen LogP) is 1.38. The third-order valence-corrected chi connectivity index (χ3v) is 3.30. The van der Waals surface area contributed by atoms with E-state index in [0.29, 0.717) is 6.42 Å². The summed E-state index contributed by atoms with van der Waals surface area (Å²) in [4.78, 5) is 15.2. The van der Waals surface area contributed by atoms with Gasteiger partial charge in [0.05, 0.1) is 6.54 Å². The maximum atomic E-state index is 12.3. The van der Waals surface area contributed by atoms with Crippen molar-refractivity contribution in [3.63, 3.8) is 0 Å². The first-order valence-electron chi connectivity index (χ1n) is 6.38. The predicted molar refractivity (Wildman–Crippen MR) is 70.4 cm³/mol. The van der Waals surface area contributed by atoms with Crippen LogP contribution in [0.3, 0.4) is 0 Å². The molecule has 1 amide bonds. The van der Waals surface area contributed by atoms with Crippen LogP contribution in [0.1, 0.15) is 37.3 Å². The van der Waals surface area contributed by atoms with Crippen molar-refractivity contribution in [2.75, 3.05) is 0 Å². The largest absolute Gasteiger partial charge is 0.453 e. The monoisotopic (exact) mass is 327 g/mol. The van der Waals surface area contributed by atoms with Crippen LogP contribution in [-0.2, 0) is 17.5 Å². The van der Waals surface area contributed by atoms with Crippen molar-refractivity contribution in [1.29, 1.82) is 0 Å². The first kappa shape index (κ1) is 17.7. The number of aromatic nitrogens is 3. The SMILES string of the molecule is Cl.N[C@H]1CCC[C@@H](C(=O)NCc2nc(C(F)(F)F)n[nH]2)C1. The van der Waals surface area contributed by atoms with Crippen LogP contribution < -0.4 is 11.1 Å². The number of aromatic amines is 1. The first-order valence-corrected chi connectivity index (χ1v) is 6.38. The molecule has 21 heavy (non-hydrogen) atoms. The van der Waals surface area contributed by atoms with Gasteiger partial charge >= 0.3 is 6.18 Å². The van der Waals surface area contributed by atoms with Crippen LogP contribution in [0.4, 0.5) is 13.2 Å². The summed E-state index contributed by atoms with van der Waals surface area (Å²) in [6.45, 7) is -0.104. The molecule has 120 valence electrons. The Kier molecular flexibility index (Phi) is 5.97. The van der Waals surface area contributed by atoms with Crippen LogP contribution in [0, 0.1) is 5.92 Å². The Labute approximate surface area is 125 Å². The highest BCUT2D eigenvalue weighted by molar-refractivity contribution is 5.85. The molecule has 10 heteroatoms. The van der Waals surface area contributed by atoms with Gasteiger partial charge in [0.25, 0.3) is 5.82 Å². The Morgan fingerprint density at radius 2 is 2.14 bits per heavy atom. The molecule has 1 fully saturated rings. The van der Waals surface area contributed by atoms with E-state index in [1.807, 2.05) is 0 Å². The highest BCUT2D eigenvalue weighted by Crippen LogP contribution is 2.25. The van der Waals surface area contributed by atoms with Crippen LogP contribution in [-0.4, -0.2) is 27.1 Å². The van der Waals surface area contributed by atoms with Crippen LogP contribution in [0.5, 0.6) is 0 Å². The number of nitrogens with two attached hydrogens (primary N) is 1. The Bertz CT molecular complexity index is 479. The average molecular weight is 328 g/mol. The molecule has 4 N–H and O–H groups in total. The van der Waals surface area contributed by atoms with Crippen molar-refractivity contribution in [1.82, 2.24) is 20.5 Å². The Morgan fingerprint density at radius 3 is 2.71 bits per heavy atom. The number of halogens is 4. The lowest BCUT2D eigenvalue weighted by atomic mass is 9.85. The van der Waals surface area contributed by atoms with Crippen molar-refractivity contribution in [3.8, 4) is 0 Å². The minimum Gasteiger partial charge on any atom is -0.349 e. The number of nitrogens with one attached hydrogen (secondary N) is 2. The molecular formula is C11H17ClF3N5O. The third-order valence-electron chi connectivity index (χ3n) is 3.30. The molecule has 0 aromatic carbocycles. The van der Waals surface area contributed by atoms with E-state index in [1.54, 1.807) is 0 Å². The van der Waals surface area contributed by atoms with E-state index in [4.69, 9.17) is 5.73 Å².